The number of aliphatic imine (C=N–C) groups is 2. The number of carbonyl (C=O) groups is 1. The highest BCUT2D eigenvalue weighted by molar-refractivity contribution is 6.23. The summed E-state index contributed by atoms with van der Waals surface area (Å²) in [5.74, 6) is 0.431. The van der Waals surface area contributed by atoms with Crippen molar-refractivity contribution in [2.75, 3.05) is 0 Å². The summed E-state index contributed by atoms with van der Waals surface area (Å²) in [5, 5.41) is 0. The maximum atomic E-state index is 11.0. The minimum Gasteiger partial charge on any atom is -0.302 e. The molecule has 1 atom stereocenters. The molecule has 1 aliphatic carbocycles. The van der Waals surface area contributed by atoms with Crippen molar-refractivity contribution in [3.63, 3.8) is 0 Å². The fourth-order valence-electron chi connectivity index (χ4n) is 2.15. The molecule has 0 aromatic heterocycles. The summed E-state index contributed by atoms with van der Waals surface area (Å²) in [6.45, 7) is 2.03. The van der Waals surface area contributed by atoms with E-state index in [4.69, 9.17) is 0 Å². The van der Waals surface area contributed by atoms with E-state index in [2.05, 4.69) is 9.98 Å². The van der Waals surface area contributed by atoms with Gasteiger partial charge in [0.25, 0.3) is 0 Å². The van der Waals surface area contributed by atoms with Gasteiger partial charge in [-0.05, 0) is 18.6 Å². The van der Waals surface area contributed by atoms with Crippen LogP contribution in [0.5, 0.6) is 0 Å². The monoisotopic (exact) mass is 236 g/mol. The van der Waals surface area contributed by atoms with Gasteiger partial charge in [-0.1, -0.05) is 36.4 Å². The highest BCUT2D eigenvalue weighted by Gasteiger charge is 2.25. The first-order valence-electron chi connectivity index (χ1n) is 5.87. The Bertz CT molecular complexity index is 636. The van der Waals surface area contributed by atoms with Gasteiger partial charge in [0.15, 0.2) is 5.84 Å². The van der Waals surface area contributed by atoms with Crippen molar-refractivity contribution < 1.29 is 4.79 Å². The van der Waals surface area contributed by atoms with Crippen LogP contribution in [0, 0.1) is 12.8 Å². The Hall–Kier alpha value is -2.29. The predicted octanol–water partition coefficient (Wildman–Crippen LogP) is 2.47. The number of carbonyl (C=O) groups excluding carboxylic acids is 1. The van der Waals surface area contributed by atoms with Crippen LogP contribution in [0.4, 0.5) is 0 Å². The third kappa shape index (κ3) is 1.64. The number of rotatable bonds is 2. The summed E-state index contributed by atoms with van der Waals surface area (Å²) in [6, 6.07) is 7.99. The van der Waals surface area contributed by atoms with E-state index >= 15 is 0 Å². The minimum atomic E-state index is -0.268. The molecular weight excluding hydrogens is 224 g/mol. The Morgan fingerprint density at radius 3 is 2.83 bits per heavy atom. The number of hydrogen-bond acceptors (Lipinski definition) is 3. The van der Waals surface area contributed by atoms with Crippen LogP contribution in [0.15, 0.2) is 58.2 Å². The summed E-state index contributed by atoms with van der Waals surface area (Å²) in [4.78, 5) is 20.0. The predicted molar refractivity (Wildman–Crippen MR) is 71.9 cm³/mol. The summed E-state index contributed by atoms with van der Waals surface area (Å²) >= 11 is 0. The highest BCUT2D eigenvalue weighted by atomic mass is 16.1. The van der Waals surface area contributed by atoms with Crippen molar-refractivity contribution in [2.45, 2.75) is 6.92 Å². The first-order chi connectivity index (χ1) is 8.79. The number of nitrogens with zero attached hydrogens (tertiary/aromatic N) is 2. The summed E-state index contributed by atoms with van der Waals surface area (Å²) in [6.07, 6.45) is 6.49. The first kappa shape index (κ1) is 10.8. The van der Waals surface area contributed by atoms with Crippen LogP contribution in [-0.2, 0) is 4.79 Å². The molecule has 1 heterocycles. The smallest absolute Gasteiger partial charge is 0.160 e. The molecule has 0 saturated heterocycles. The molecule has 0 N–H and O–H groups in total. The highest BCUT2D eigenvalue weighted by Crippen LogP contribution is 2.24. The van der Waals surface area contributed by atoms with E-state index < -0.39 is 0 Å². The molecule has 2 aliphatic rings. The first-order valence-corrected chi connectivity index (χ1v) is 5.87. The molecule has 0 bridgehead atoms. The topological polar surface area (TPSA) is 41.8 Å². The number of fused-ring (bicyclic) bond motifs is 1. The van der Waals surface area contributed by atoms with Gasteiger partial charge < -0.3 is 4.79 Å². The zero-order valence-corrected chi connectivity index (χ0v) is 10.00. The van der Waals surface area contributed by atoms with Gasteiger partial charge in [0.05, 0.1) is 17.3 Å². The lowest BCUT2D eigenvalue weighted by Crippen LogP contribution is -2.15. The number of aryl methyl sites for hydroxylation is 1. The molecule has 0 amide bonds. The second kappa shape index (κ2) is 4.18. The number of aldehydes is 1. The zero-order chi connectivity index (χ0) is 12.5. The average molecular weight is 236 g/mol. The SMILES string of the molecule is Cc1ccccc1C1=NC2=CC=CC(C=O)C2=N1. The summed E-state index contributed by atoms with van der Waals surface area (Å²) in [7, 11) is 0. The second-order valence-electron chi connectivity index (χ2n) is 4.35. The maximum Gasteiger partial charge on any atom is 0.160 e. The quantitative estimate of drug-likeness (QED) is 0.727. The van der Waals surface area contributed by atoms with Gasteiger partial charge in [-0.15, -0.1) is 0 Å². The molecule has 1 aromatic rings. The van der Waals surface area contributed by atoms with Crippen LogP contribution < -0.4 is 0 Å². The van der Waals surface area contributed by atoms with Gasteiger partial charge in [0.1, 0.15) is 6.29 Å². The molecule has 18 heavy (non-hydrogen) atoms. The third-order valence-electron chi connectivity index (χ3n) is 3.14. The Labute approximate surface area is 105 Å². The number of amidine groups is 1. The molecule has 0 radical (unpaired) electrons. The summed E-state index contributed by atoms with van der Waals surface area (Å²) in [5.41, 5.74) is 3.71. The second-order valence-corrected chi connectivity index (χ2v) is 4.35. The van der Waals surface area contributed by atoms with Crippen molar-refractivity contribution in [3.8, 4) is 0 Å². The normalized spacial score (nSPS) is 20.9. The number of hydrogen-bond donors (Lipinski definition) is 0. The van der Waals surface area contributed by atoms with E-state index in [1.165, 1.54) is 0 Å². The number of benzene rings is 1. The molecular formula is C15H12N2O. The van der Waals surface area contributed by atoms with E-state index in [-0.39, 0.29) is 5.92 Å². The van der Waals surface area contributed by atoms with Gasteiger partial charge in [-0.2, -0.15) is 0 Å². The Kier molecular flexibility index (Phi) is 2.52. The molecule has 1 aliphatic heterocycles. The average Bonchev–Trinajstić information content (AvgIpc) is 2.82. The van der Waals surface area contributed by atoms with Gasteiger partial charge in [-0.3, -0.25) is 0 Å². The minimum absolute atomic E-state index is 0.268. The van der Waals surface area contributed by atoms with Crippen LogP contribution in [0.3, 0.4) is 0 Å². The molecule has 3 rings (SSSR count). The van der Waals surface area contributed by atoms with Crippen LogP contribution >= 0.6 is 0 Å². The fourth-order valence-corrected chi connectivity index (χ4v) is 2.15. The van der Waals surface area contributed by atoms with Crippen LogP contribution in [0.1, 0.15) is 11.1 Å². The standard InChI is InChI=1S/C15H12N2O/c1-10-5-2-3-7-12(10)15-16-13-8-4-6-11(9-18)14(13)17-15/h2-9,11H,1H3. The molecule has 3 nitrogen and oxygen atoms in total. The Morgan fingerprint density at radius 1 is 1.22 bits per heavy atom. The van der Waals surface area contributed by atoms with Crippen LogP contribution in [0.25, 0.3) is 0 Å². The molecule has 3 heteroatoms. The van der Waals surface area contributed by atoms with Crippen molar-refractivity contribution in [1.82, 2.24) is 0 Å². The van der Waals surface area contributed by atoms with Gasteiger partial charge >= 0.3 is 0 Å². The fraction of sp³-hybridized carbons (Fsp3) is 0.133. The van der Waals surface area contributed by atoms with E-state index in [0.29, 0.717) is 5.84 Å². The molecule has 1 unspecified atom stereocenters. The lowest BCUT2D eigenvalue weighted by atomic mass is 9.98. The van der Waals surface area contributed by atoms with Crippen molar-refractivity contribution in [1.29, 1.82) is 0 Å². The lowest BCUT2D eigenvalue weighted by Gasteiger charge is -2.08. The van der Waals surface area contributed by atoms with E-state index in [1.807, 2.05) is 49.4 Å². The molecule has 88 valence electrons. The third-order valence-corrected chi connectivity index (χ3v) is 3.14. The molecule has 0 spiro atoms. The Balaban J connectivity index is 2.06. The van der Waals surface area contributed by atoms with E-state index in [0.717, 1.165) is 28.8 Å². The zero-order valence-electron chi connectivity index (χ0n) is 10.00. The Morgan fingerprint density at radius 2 is 2.06 bits per heavy atom. The maximum absolute atomic E-state index is 11.0. The van der Waals surface area contributed by atoms with E-state index in [9.17, 15) is 4.79 Å². The molecule has 0 fully saturated rings. The van der Waals surface area contributed by atoms with Crippen molar-refractivity contribution in [2.24, 2.45) is 15.9 Å². The molecule has 0 saturated carbocycles. The number of allylic oxidation sites excluding steroid dienone is 4. The lowest BCUT2D eigenvalue weighted by molar-refractivity contribution is -0.108. The van der Waals surface area contributed by atoms with Crippen LogP contribution in [-0.4, -0.2) is 17.8 Å². The van der Waals surface area contributed by atoms with Crippen LogP contribution in [0.2, 0.25) is 0 Å². The largest absolute Gasteiger partial charge is 0.302 e. The van der Waals surface area contributed by atoms with Gasteiger partial charge in [-0.25, -0.2) is 9.98 Å². The summed E-state index contributed by atoms with van der Waals surface area (Å²) < 4.78 is 0. The van der Waals surface area contributed by atoms with Gasteiger partial charge in [0.2, 0.25) is 0 Å². The molecule has 1 aromatic carbocycles. The van der Waals surface area contributed by atoms with E-state index in [1.54, 1.807) is 0 Å². The van der Waals surface area contributed by atoms with Crippen molar-refractivity contribution >= 4 is 17.8 Å². The van der Waals surface area contributed by atoms with Gasteiger partial charge in [0, 0.05) is 5.56 Å². The van der Waals surface area contributed by atoms with Crippen molar-refractivity contribution in [3.05, 3.63) is 59.3 Å².